The predicted octanol–water partition coefficient (Wildman–Crippen LogP) is 3.27. The van der Waals surface area contributed by atoms with Crippen LogP contribution in [0.5, 0.6) is 5.75 Å². The highest BCUT2D eigenvalue weighted by atomic mass is 32.1. The molecule has 0 bridgehead atoms. The molecule has 0 spiro atoms. The number of thiazole rings is 1. The fraction of sp³-hybridized carbons (Fsp3) is 0.250. The molecule has 1 amide bonds. The molecule has 2 aromatic heterocycles. The Labute approximate surface area is 161 Å². The zero-order valence-corrected chi connectivity index (χ0v) is 16.3. The van der Waals surface area contributed by atoms with E-state index in [1.165, 1.54) is 0 Å². The number of benzene rings is 1. The third kappa shape index (κ3) is 4.83. The molecule has 0 fully saturated rings. The Morgan fingerprint density at radius 1 is 1.22 bits per heavy atom. The number of hydrogen-bond donors (Lipinski definition) is 2. The molecule has 1 aromatic carbocycles. The number of ether oxygens (including phenoxy) is 1. The summed E-state index contributed by atoms with van der Waals surface area (Å²) < 4.78 is 5.68. The predicted molar refractivity (Wildman–Crippen MR) is 105 cm³/mol. The van der Waals surface area contributed by atoms with Crippen molar-refractivity contribution in [2.75, 3.05) is 0 Å². The van der Waals surface area contributed by atoms with Crippen LogP contribution in [0.3, 0.4) is 0 Å². The van der Waals surface area contributed by atoms with Crippen molar-refractivity contribution in [3.8, 4) is 5.75 Å². The first-order valence-electron chi connectivity index (χ1n) is 8.54. The summed E-state index contributed by atoms with van der Waals surface area (Å²) in [5, 5.41) is 5.76. The van der Waals surface area contributed by atoms with Gasteiger partial charge in [0.25, 0.3) is 11.5 Å². The monoisotopic (exact) mass is 383 g/mol. The van der Waals surface area contributed by atoms with Crippen LogP contribution in [-0.2, 0) is 13.2 Å². The number of aromatic nitrogens is 2. The second-order valence-corrected chi connectivity index (χ2v) is 7.36. The van der Waals surface area contributed by atoms with Gasteiger partial charge < -0.3 is 15.0 Å². The number of rotatable bonds is 6. The molecule has 0 aliphatic rings. The van der Waals surface area contributed by atoms with Crippen molar-refractivity contribution in [3.63, 3.8) is 0 Å². The first-order valence-corrected chi connectivity index (χ1v) is 9.42. The average molecular weight is 383 g/mol. The van der Waals surface area contributed by atoms with Crippen LogP contribution in [0.4, 0.5) is 0 Å². The minimum absolute atomic E-state index is 0.172. The zero-order valence-electron chi connectivity index (χ0n) is 15.5. The van der Waals surface area contributed by atoms with Crippen molar-refractivity contribution in [3.05, 3.63) is 79.2 Å². The second-order valence-electron chi connectivity index (χ2n) is 6.30. The maximum Gasteiger partial charge on any atom is 0.253 e. The van der Waals surface area contributed by atoms with E-state index in [4.69, 9.17) is 4.74 Å². The SMILES string of the molecule is Cc1cc(C)c(CNC(=O)c2ccc(OCc3csc(C)n3)cc2)c(=O)[nH]1. The molecule has 2 heterocycles. The van der Waals surface area contributed by atoms with Gasteiger partial charge in [-0.2, -0.15) is 0 Å². The molecule has 0 atom stereocenters. The molecule has 140 valence electrons. The molecule has 0 aliphatic carbocycles. The van der Waals surface area contributed by atoms with Gasteiger partial charge in [0.1, 0.15) is 12.4 Å². The van der Waals surface area contributed by atoms with Gasteiger partial charge in [0.05, 0.1) is 10.7 Å². The lowest BCUT2D eigenvalue weighted by Gasteiger charge is -2.09. The van der Waals surface area contributed by atoms with Gasteiger partial charge in [0.15, 0.2) is 0 Å². The summed E-state index contributed by atoms with van der Waals surface area (Å²) in [4.78, 5) is 31.4. The van der Waals surface area contributed by atoms with E-state index in [2.05, 4.69) is 15.3 Å². The number of nitrogens with zero attached hydrogens (tertiary/aromatic N) is 1. The summed E-state index contributed by atoms with van der Waals surface area (Å²) in [7, 11) is 0. The molecule has 3 aromatic rings. The average Bonchev–Trinajstić information content (AvgIpc) is 3.04. The summed E-state index contributed by atoms with van der Waals surface area (Å²) in [6.07, 6.45) is 0. The maximum absolute atomic E-state index is 12.3. The number of pyridine rings is 1. The van der Waals surface area contributed by atoms with Crippen molar-refractivity contribution in [2.45, 2.75) is 33.9 Å². The van der Waals surface area contributed by atoms with Crippen LogP contribution >= 0.6 is 11.3 Å². The van der Waals surface area contributed by atoms with Gasteiger partial charge in [-0.15, -0.1) is 11.3 Å². The molecule has 6 nitrogen and oxygen atoms in total. The van der Waals surface area contributed by atoms with Crippen LogP contribution in [0, 0.1) is 20.8 Å². The summed E-state index contributed by atoms with van der Waals surface area (Å²) in [5.41, 5.74) is 3.45. The van der Waals surface area contributed by atoms with Crippen molar-refractivity contribution in [2.24, 2.45) is 0 Å². The van der Waals surface area contributed by atoms with Gasteiger partial charge in [0, 0.05) is 28.7 Å². The molecule has 0 aliphatic heterocycles. The molecular formula is C20H21N3O3S. The van der Waals surface area contributed by atoms with E-state index >= 15 is 0 Å². The van der Waals surface area contributed by atoms with Gasteiger partial charge >= 0.3 is 0 Å². The first kappa shape index (κ1) is 18.8. The number of carbonyl (C=O) groups is 1. The molecule has 0 radical (unpaired) electrons. The van der Waals surface area contributed by atoms with Crippen LogP contribution in [-0.4, -0.2) is 15.9 Å². The van der Waals surface area contributed by atoms with E-state index in [1.807, 2.05) is 32.2 Å². The molecule has 0 unspecified atom stereocenters. The molecule has 0 saturated heterocycles. The van der Waals surface area contributed by atoms with Gasteiger partial charge in [-0.25, -0.2) is 4.98 Å². The number of carbonyl (C=O) groups excluding carboxylic acids is 1. The number of hydrogen-bond acceptors (Lipinski definition) is 5. The lowest BCUT2D eigenvalue weighted by molar-refractivity contribution is 0.0950. The molecular weight excluding hydrogens is 362 g/mol. The second kappa shape index (κ2) is 8.18. The largest absolute Gasteiger partial charge is 0.487 e. The van der Waals surface area contributed by atoms with Gasteiger partial charge in [-0.3, -0.25) is 9.59 Å². The lowest BCUT2D eigenvalue weighted by atomic mass is 10.1. The van der Waals surface area contributed by atoms with Crippen LogP contribution in [0.2, 0.25) is 0 Å². The summed E-state index contributed by atoms with van der Waals surface area (Å²) in [6, 6.07) is 8.78. The number of nitrogens with one attached hydrogen (secondary N) is 2. The van der Waals surface area contributed by atoms with Crippen molar-refractivity contribution < 1.29 is 9.53 Å². The molecule has 3 rings (SSSR count). The molecule has 7 heteroatoms. The molecule has 2 N–H and O–H groups in total. The topological polar surface area (TPSA) is 84.1 Å². The number of aromatic amines is 1. The molecule has 27 heavy (non-hydrogen) atoms. The highest BCUT2D eigenvalue weighted by Gasteiger charge is 2.10. The van der Waals surface area contributed by atoms with Gasteiger partial charge in [0.2, 0.25) is 0 Å². The Kier molecular flexibility index (Phi) is 5.71. The summed E-state index contributed by atoms with van der Waals surface area (Å²) in [6.45, 7) is 6.22. The van der Waals surface area contributed by atoms with Crippen LogP contribution in [0.25, 0.3) is 0 Å². The van der Waals surface area contributed by atoms with Gasteiger partial charge in [-0.05, 0) is 56.7 Å². The van der Waals surface area contributed by atoms with Crippen LogP contribution < -0.4 is 15.6 Å². The van der Waals surface area contributed by atoms with E-state index in [-0.39, 0.29) is 18.0 Å². The fourth-order valence-corrected chi connectivity index (χ4v) is 3.30. The minimum atomic E-state index is -0.240. The first-order chi connectivity index (χ1) is 12.9. The quantitative estimate of drug-likeness (QED) is 0.684. The molecule has 0 saturated carbocycles. The smallest absolute Gasteiger partial charge is 0.253 e. The van der Waals surface area contributed by atoms with Crippen LogP contribution in [0.15, 0.2) is 40.5 Å². The zero-order chi connectivity index (χ0) is 19.4. The highest BCUT2D eigenvalue weighted by molar-refractivity contribution is 7.09. The minimum Gasteiger partial charge on any atom is -0.487 e. The Morgan fingerprint density at radius 3 is 2.59 bits per heavy atom. The summed E-state index contributed by atoms with van der Waals surface area (Å²) >= 11 is 1.58. The lowest BCUT2D eigenvalue weighted by Crippen LogP contribution is -2.27. The van der Waals surface area contributed by atoms with Crippen molar-refractivity contribution >= 4 is 17.2 Å². The van der Waals surface area contributed by atoms with Crippen LogP contribution in [0.1, 0.15) is 37.9 Å². The standard InChI is InChI=1S/C20H21N3O3S/c1-12-8-13(2)22-20(25)18(12)9-21-19(24)15-4-6-17(7-5-15)26-10-16-11-27-14(3)23-16/h4-8,11H,9-10H2,1-3H3,(H,21,24)(H,22,25). The fourth-order valence-electron chi connectivity index (χ4n) is 2.71. The van der Waals surface area contributed by atoms with E-state index in [0.29, 0.717) is 23.5 Å². The van der Waals surface area contributed by atoms with Crippen molar-refractivity contribution in [1.29, 1.82) is 0 Å². The van der Waals surface area contributed by atoms with E-state index in [9.17, 15) is 9.59 Å². The summed E-state index contributed by atoms with van der Waals surface area (Å²) in [5.74, 6) is 0.430. The maximum atomic E-state index is 12.3. The Hall–Kier alpha value is -2.93. The van der Waals surface area contributed by atoms with E-state index in [1.54, 1.807) is 35.6 Å². The third-order valence-electron chi connectivity index (χ3n) is 4.09. The number of aryl methyl sites for hydroxylation is 3. The van der Waals surface area contributed by atoms with Gasteiger partial charge in [-0.1, -0.05) is 0 Å². The Bertz CT molecular complexity index is 1010. The van der Waals surface area contributed by atoms with Crippen molar-refractivity contribution in [1.82, 2.24) is 15.3 Å². The Balaban J connectivity index is 1.58. The Morgan fingerprint density at radius 2 is 1.96 bits per heavy atom. The third-order valence-corrected chi connectivity index (χ3v) is 4.91. The number of H-pyrrole nitrogens is 1. The highest BCUT2D eigenvalue weighted by Crippen LogP contribution is 2.15. The number of amides is 1. The van der Waals surface area contributed by atoms with E-state index in [0.717, 1.165) is 22.0 Å². The van der Waals surface area contributed by atoms with E-state index < -0.39 is 0 Å². The normalized spacial score (nSPS) is 10.6.